The molecule has 0 saturated carbocycles. The summed E-state index contributed by atoms with van der Waals surface area (Å²) in [5, 5.41) is 8.33. The summed E-state index contributed by atoms with van der Waals surface area (Å²) >= 11 is 5.72. The van der Waals surface area contributed by atoms with Gasteiger partial charge >= 0.3 is 6.03 Å². The average molecular weight is 503 g/mol. The molecule has 3 N–H and O–H groups in total. The summed E-state index contributed by atoms with van der Waals surface area (Å²) in [6.07, 6.45) is 0.328. The van der Waals surface area contributed by atoms with Gasteiger partial charge in [-0.15, -0.1) is 0 Å². The number of amides is 4. The summed E-state index contributed by atoms with van der Waals surface area (Å²) in [7, 11) is 0. The number of rotatable bonds is 4. The third kappa shape index (κ3) is 4.41. The molecule has 2 aromatic carbocycles. The molecule has 8 nitrogen and oxygen atoms in total. The quantitative estimate of drug-likeness (QED) is 0.464. The molecule has 1 aromatic heterocycles. The molecule has 11 heteroatoms. The van der Waals surface area contributed by atoms with Crippen LogP contribution in [0.2, 0.25) is 5.02 Å². The van der Waals surface area contributed by atoms with E-state index in [2.05, 4.69) is 16.0 Å². The fraction of sp³-hybridized carbons (Fsp3) is 0.292. The van der Waals surface area contributed by atoms with Gasteiger partial charge in [-0.25, -0.2) is 13.6 Å². The Morgan fingerprint density at radius 1 is 1.17 bits per heavy atom. The smallest absolute Gasteiger partial charge is 0.319 e. The minimum atomic E-state index is -0.822. The Morgan fingerprint density at radius 2 is 1.94 bits per heavy atom. The number of benzene rings is 2. The van der Waals surface area contributed by atoms with Gasteiger partial charge in [-0.2, -0.15) is 0 Å². The van der Waals surface area contributed by atoms with Crippen molar-refractivity contribution in [2.45, 2.75) is 31.7 Å². The molecular weight excluding hydrogens is 482 g/mol. The first-order valence-electron chi connectivity index (χ1n) is 11.0. The van der Waals surface area contributed by atoms with E-state index in [1.807, 2.05) is 4.90 Å². The van der Waals surface area contributed by atoms with E-state index in [1.165, 1.54) is 18.2 Å². The number of aryl methyl sites for hydroxylation is 1. The van der Waals surface area contributed by atoms with E-state index >= 15 is 4.39 Å². The monoisotopic (exact) mass is 502 g/mol. The van der Waals surface area contributed by atoms with Crippen LogP contribution in [0.1, 0.15) is 30.1 Å². The van der Waals surface area contributed by atoms with E-state index in [1.54, 1.807) is 13.0 Å². The summed E-state index contributed by atoms with van der Waals surface area (Å²) in [4.78, 5) is 38.0. The van der Waals surface area contributed by atoms with Crippen molar-refractivity contribution in [2.24, 2.45) is 0 Å². The maximum atomic E-state index is 15.3. The number of piperidine rings is 1. The Bertz CT molecular complexity index is 1370. The fourth-order valence-corrected chi connectivity index (χ4v) is 4.70. The second-order valence-electron chi connectivity index (χ2n) is 8.72. The van der Waals surface area contributed by atoms with Crippen molar-refractivity contribution in [3.05, 3.63) is 58.3 Å². The molecular formula is C24H21ClF2N4O4. The van der Waals surface area contributed by atoms with Gasteiger partial charge in [-0.3, -0.25) is 14.9 Å². The topological polar surface area (TPSA) is 104 Å². The van der Waals surface area contributed by atoms with Crippen molar-refractivity contribution in [1.29, 1.82) is 0 Å². The lowest BCUT2D eigenvalue weighted by Gasteiger charge is -2.41. The predicted molar refractivity (Wildman–Crippen MR) is 126 cm³/mol. The number of hydrogen-bond acceptors (Lipinski definition) is 5. The van der Waals surface area contributed by atoms with Gasteiger partial charge in [-0.05, 0) is 43.7 Å². The van der Waals surface area contributed by atoms with E-state index in [0.29, 0.717) is 29.9 Å². The van der Waals surface area contributed by atoms with E-state index in [9.17, 15) is 18.8 Å². The molecule has 3 aromatic rings. The van der Waals surface area contributed by atoms with Crippen molar-refractivity contribution >= 4 is 51.8 Å². The highest BCUT2D eigenvalue weighted by Gasteiger charge is 2.36. The van der Waals surface area contributed by atoms with Crippen molar-refractivity contribution in [3.8, 4) is 0 Å². The number of nitrogens with zero attached hydrogens (tertiary/aromatic N) is 1. The van der Waals surface area contributed by atoms with Crippen molar-refractivity contribution in [1.82, 2.24) is 10.6 Å². The van der Waals surface area contributed by atoms with Crippen LogP contribution < -0.4 is 20.9 Å². The van der Waals surface area contributed by atoms with E-state index in [0.717, 1.165) is 6.07 Å². The molecule has 2 saturated heterocycles. The molecule has 0 aliphatic carbocycles. The lowest BCUT2D eigenvalue weighted by Crippen LogP contribution is -2.60. The van der Waals surface area contributed by atoms with Crippen molar-refractivity contribution in [2.75, 3.05) is 23.3 Å². The molecule has 2 aliphatic heterocycles. The number of carbonyl (C=O) groups excluding carboxylic acids is 3. The van der Waals surface area contributed by atoms with Gasteiger partial charge in [-0.1, -0.05) is 11.6 Å². The number of imide groups is 1. The Morgan fingerprint density at radius 3 is 2.66 bits per heavy atom. The van der Waals surface area contributed by atoms with Gasteiger partial charge in [0.2, 0.25) is 11.8 Å². The zero-order valence-corrected chi connectivity index (χ0v) is 19.3. The highest BCUT2D eigenvalue weighted by molar-refractivity contribution is 6.30. The third-order valence-corrected chi connectivity index (χ3v) is 6.46. The van der Waals surface area contributed by atoms with E-state index in [-0.39, 0.29) is 46.6 Å². The van der Waals surface area contributed by atoms with Gasteiger partial charge in [0.25, 0.3) is 0 Å². The number of hydrogen-bond donors (Lipinski definition) is 3. The molecule has 2 aliphatic rings. The van der Waals surface area contributed by atoms with Crippen molar-refractivity contribution in [3.63, 3.8) is 0 Å². The minimum Gasteiger partial charge on any atom is -0.461 e. The number of fused-ring (bicyclic) bond motifs is 1. The number of furan rings is 1. The number of carbonyl (C=O) groups is 3. The zero-order valence-electron chi connectivity index (χ0n) is 18.6. The fourth-order valence-electron chi connectivity index (χ4n) is 4.55. The third-order valence-electron chi connectivity index (χ3n) is 6.22. The van der Waals surface area contributed by atoms with Crippen LogP contribution in [-0.4, -0.2) is 37.0 Å². The molecule has 5 rings (SSSR count). The lowest BCUT2D eigenvalue weighted by atomic mass is 9.88. The van der Waals surface area contributed by atoms with Gasteiger partial charge in [0.05, 0.1) is 23.3 Å². The van der Waals surface area contributed by atoms with Gasteiger partial charge in [0.15, 0.2) is 0 Å². The minimum absolute atomic E-state index is 0.00442. The molecule has 0 unspecified atom stereocenters. The predicted octanol–water partition coefficient (Wildman–Crippen LogP) is 4.20. The van der Waals surface area contributed by atoms with Crippen LogP contribution in [0.4, 0.5) is 25.0 Å². The Kier molecular flexibility index (Phi) is 5.84. The summed E-state index contributed by atoms with van der Waals surface area (Å²) in [6.45, 7) is 2.52. The van der Waals surface area contributed by atoms with Crippen LogP contribution in [0, 0.1) is 18.6 Å². The molecule has 2 fully saturated rings. The summed E-state index contributed by atoms with van der Waals surface area (Å²) in [6, 6.07) is 6.26. The first-order chi connectivity index (χ1) is 16.7. The maximum absolute atomic E-state index is 15.3. The van der Waals surface area contributed by atoms with Gasteiger partial charge < -0.3 is 20.0 Å². The number of anilines is 2. The summed E-state index contributed by atoms with van der Waals surface area (Å²) < 4.78 is 35.0. The SMILES string of the molecule is Cc1cc2c(N3CC(NC(=O)Nc4ccc(Cl)cc4F)C3)cc(F)c([C@H]3CCC(=O)NC3=O)c2o1. The molecule has 0 bridgehead atoms. The van der Waals surface area contributed by atoms with Crippen LogP contribution >= 0.6 is 11.6 Å². The normalized spacial score (nSPS) is 18.4. The van der Waals surface area contributed by atoms with Crippen molar-refractivity contribution < 1.29 is 27.6 Å². The molecule has 3 heterocycles. The molecule has 4 amide bonds. The molecule has 1 atom stereocenters. The lowest BCUT2D eigenvalue weighted by molar-refractivity contribution is -0.134. The summed E-state index contributed by atoms with van der Waals surface area (Å²) in [5.41, 5.74) is 0.998. The number of nitrogens with one attached hydrogen (secondary N) is 3. The highest BCUT2D eigenvalue weighted by Crippen LogP contribution is 2.40. The second-order valence-corrected chi connectivity index (χ2v) is 9.16. The Hall–Kier alpha value is -3.66. The largest absolute Gasteiger partial charge is 0.461 e. The van der Waals surface area contributed by atoms with Gasteiger partial charge in [0.1, 0.15) is 23.0 Å². The maximum Gasteiger partial charge on any atom is 0.319 e. The number of urea groups is 1. The van der Waals surface area contributed by atoms with Crippen LogP contribution in [-0.2, 0) is 9.59 Å². The van der Waals surface area contributed by atoms with Crippen LogP contribution in [0.5, 0.6) is 0 Å². The highest BCUT2D eigenvalue weighted by atomic mass is 35.5. The van der Waals surface area contributed by atoms with Crippen LogP contribution in [0.25, 0.3) is 11.0 Å². The second kappa shape index (κ2) is 8.84. The number of halogens is 3. The van der Waals surface area contributed by atoms with E-state index in [4.69, 9.17) is 16.0 Å². The molecule has 0 spiro atoms. The first-order valence-corrected chi connectivity index (χ1v) is 11.4. The van der Waals surface area contributed by atoms with Crippen LogP contribution in [0.3, 0.4) is 0 Å². The standard InChI is InChI=1S/C24H21ClF2N4O4/c1-11-6-15-19(8-17(27)21(22(15)35-11)14-3-5-20(32)30-23(14)33)31-9-13(10-31)28-24(34)29-18-4-2-12(25)7-16(18)26/h2,4,6-8,13-14H,3,5,9-10H2,1H3,(H2,28,29,34)(H,30,32,33)/t14-/m1/s1. The molecule has 182 valence electrons. The van der Waals surface area contributed by atoms with E-state index < -0.39 is 29.5 Å². The van der Waals surface area contributed by atoms with Crippen LogP contribution in [0.15, 0.2) is 34.7 Å². The molecule has 35 heavy (non-hydrogen) atoms. The first kappa shape index (κ1) is 23.1. The average Bonchev–Trinajstić information content (AvgIpc) is 3.14. The molecule has 0 radical (unpaired) electrons. The Balaban J connectivity index is 1.31. The zero-order chi connectivity index (χ0) is 24.9. The summed E-state index contributed by atoms with van der Waals surface area (Å²) in [5.74, 6) is -2.43. The Labute approximate surface area is 203 Å². The van der Waals surface area contributed by atoms with Gasteiger partial charge in [0, 0.05) is 35.5 Å².